The highest BCUT2D eigenvalue weighted by molar-refractivity contribution is 7.70. The normalized spacial score (nSPS) is 17.4. The van der Waals surface area contributed by atoms with Gasteiger partial charge in [-0.25, -0.2) is 4.98 Å². The number of aromatic nitrogens is 2. The molecular weight excluding hydrogens is 507 g/mol. The number of benzene rings is 2. The summed E-state index contributed by atoms with van der Waals surface area (Å²) in [7, 11) is 1.41. The molecule has 0 aliphatic carbocycles. The fraction of sp³-hybridized carbons (Fsp3) is 0.407. The lowest BCUT2D eigenvalue weighted by atomic mass is 9.77. The minimum atomic E-state index is -2.50. The van der Waals surface area contributed by atoms with Crippen molar-refractivity contribution in [1.29, 1.82) is 0 Å². The first-order valence-corrected chi connectivity index (χ1v) is 15.5. The zero-order valence-electron chi connectivity index (χ0n) is 21.8. The van der Waals surface area contributed by atoms with Crippen molar-refractivity contribution < 1.29 is 9.30 Å². The van der Waals surface area contributed by atoms with E-state index in [1.54, 1.807) is 26.6 Å². The summed E-state index contributed by atoms with van der Waals surface area (Å²) in [6, 6.07) is 13.7. The largest absolute Gasteiger partial charge is 0.494 e. The molecule has 2 aromatic carbocycles. The molecule has 5 rings (SSSR count). The summed E-state index contributed by atoms with van der Waals surface area (Å²) in [4.78, 5) is 13.9. The molecule has 0 saturated carbocycles. The van der Waals surface area contributed by atoms with Gasteiger partial charge in [0.1, 0.15) is 17.9 Å². The van der Waals surface area contributed by atoms with Crippen molar-refractivity contribution in [2.24, 2.45) is 0 Å². The van der Waals surface area contributed by atoms with Gasteiger partial charge in [-0.3, -0.25) is 0 Å². The topological polar surface area (TPSA) is 82.6 Å². The van der Waals surface area contributed by atoms with Gasteiger partial charge in [-0.1, -0.05) is 23.7 Å². The van der Waals surface area contributed by atoms with Crippen molar-refractivity contribution in [1.82, 2.24) is 14.9 Å². The summed E-state index contributed by atoms with van der Waals surface area (Å²) >= 11 is 6.41. The fourth-order valence-corrected chi connectivity index (χ4v) is 6.55. The molecule has 0 unspecified atom stereocenters. The second-order valence-electron chi connectivity index (χ2n) is 10.3. The third-order valence-electron chi connectivity index (χ3n) is 7.69. The van der Waals surface area contributed by atoms with Crippen LogP contribution in [0.5, 0.6) is 5.75 Å². The van der Waals surface area contributed by atoms with E-state index in [9.17, 15) is 4.57 Å². The predicted octanol–water partition coefficient (Wildman–Crippen LogP) is 5.55. The lowest BCUT2D eigenvalue weighted by Crippen LogP contribution is -2.62. The Morgan fingerprint density at radius 2 is 1.76 bits per heavy atom. The van der Waals surface area contributed by atoms with Crippen molar-refractivity contribution >= 4 is 52.9 Å². The van der Waals surface area contributed by atoms with E-state index in [2.05, 4.69) is 49.6 Å². The molecule has 0 radical (unpaired) electrons. The molecule has 2 saturated heterocycles. The van der Waals surface area contributed by atoms with Gasteiger partial charge in [-0.2, -0.15) is 4.98 Å². The molecule has 3 heterocycles. The summed E-state index contributed by atoms with van der Waals surface area (Å²) in [5.41, 5.74) is 3.03. The number of piperidine rings is 1. The van der Waals surface area contributed by atoms with E-state index in [1.807, 2.05) is 30.3 Å². The van der Waals surface area contributed by atoms with Crippen LogP contribution in [0.2, 0.25) is 5.02 Å². The van der Waals surface area contributed by atoms with E-state index < -0.39 is 7.14 Å². The molecule has 1 aromatic heterocycles. The fourth-order valence-electron chi connectivity index (χ4n) is 5.26. The van der Waals surface area contributed by atoms with Crippen molar-refractivity contribution in [3.8, 4) is 5.75 Å². The molecule has 10 heteroatoms. The number of halogens is 1. The van der Waals surface area contributed by atoms with Crippen molar-refractivity contribution in [2.75, 3.05) is 62.7 Å². The summed E-state index contributed by atoms with van der Waals surface area (Å²) in [6.45, 7) is 6.78. The molecule has 0 atom stereocenters. The summed E-state index contributed by atoms with van der Waals surface area (Å²) in [5, 5.41) is 7.61. The maximum absolute atomic E-state index is 12.8. The standard InChI is InChI=1S/C27H34ClN6O2P/c1-33-14-11-27(33)12-15-34(16-13-27)19-9-10-21(23(17-19)36-2)31-26-29-18-20(28)25(32-26)30-22-7-5-6-8-24(22)37(3,4)35/h5-10,17-18H,11-16H2,1-4H3,(H2,29,30,31,32). The number of hydrogen-bond acceptors (Lipinski definition) is 8. The molecule has 196 valence electrons. The number of rotatable bonds is 7. The van der Waals surface area contributed by atoms with Crippen LogP contribution in [0, 0.1) is 0 Å². The summed E-state index contributed by atoms with van der Waals surface area (Å²) in [5.74, 6) is 1.52. The zero-order valence-corrected chi connectivity index (χ0v) is 23.4. The van der Waals surface area contributed by atoms with Crippen LogP contribution in [-0.2, 0) is 4.57 Å². The first kappa shape index (κ1) is 25.8. The highest BCUT2D eigenvalue weighted by Gasteiger charge is 2.44. The van der Waals surface area contributed by atoms with Crippen LogP contribution in [0.25, 0.3) is 0 Å². The van der Waals surface area contributed by atoms with Crippen molar-refractivity contribution in [3.05, 3.63) is 53.7 Å². The molecule has 0 amide bonds. The number of hydrogen-bond donors (Lipinski definition) is 2. The SMILES string of the molecule is COc1cc(N2CCC3(CC2)CCN3C)ccc1Nc1ncc(Cl)c(Nc2ccccc2P(C)(C)=O)n1. The third kappa shape index (κ3) is 5.28. The molecule has 3 aromatic rings. The Bertz CT molecular complexity index is 1340. The van der Waals surface area contributed by atoms with Gasteiger partial charge in [0.2, 0.25) is 5.95 Å². The molecule has 2 aliphatic heterocycles. The average molecular weight is 541 g/mol. The molecule has 2 fully saturated rings. The molecule has 2 N–H and O–H groups in total. The van der Waals surface area contributed by atoms with Gasteiger partial charge in [0, 0.05) is 42.2 Å². The van der Waals surface area contributed by atoms with E-state index in [0.717, 1.165) is 35.5 Å². The Labute approximate surface area is 223 Å². The Kier molecular flexibility index (Phi) is 7.10. The molecule has 0 bridgehead atoms. The van der Waals surface area contributed by atoms with Gasteiger partial charge in [0.05, 0.1) is 24.7 Å². The second-order valence-corrected chi connectivity index (χ2v) is 13.9. The Balaban J connectivity index is 1.33. The van der Waals surface area contributed by atoms with Crippen LogP contribution in [0.4, 0.5) is 28.8 Å². The molecule has 37 heavy (non-hydrogen) atoms. The van der Waals surface area contributed by atoms with Crippen molar-refractivity contribution in [2.45, 2.75) is 24.8 Å². The zero-order chi connectivity index (χ0) is 26.2. The van der Waals surface area contributed by atoms with E-state index in [0.29, 0.717) is 28.0 Å². The third-order valence-corrected chi connectivity index (χ3v) is 9.52. The number of para-hydroxylation sites is 1. The van der Waals surface area contributed by atoms with Gasteiger partial charge in [-0.15, -0.1) is 0 Å². The highest BCUT2D eigenvalue weighted by Crippen LogP contribution is 2.41. The lowest BCUT2D eigenvalue weighted by Gasteiger charge is -2.55. The van der Waals surface area contributed by atoms with Crippen LogP contribution in [-0.4, -0.2) is 67.5 Å². The average Bonchev–Trinajstić information content (AvgIpc) is 2.89. The van der Waals surface area contributed by atoms with Gasteiger partial charge in [0.25, 0.3) is 0 Å². The number of ether oxygens (including phenoxy) is 1. The number of likely N-dealkylation sites (tertiary alicyclic amines) is 1. The first-order valence-electron chi connectivity index (χ1n) is 12.5. The number of methoxy groups -OCH3 is 1. The van der Waals surface area contributed by atoms with E-state index >= 15 is 0 Å². The molecule has 2 aliphatic rings. The minimum Gasteiger partial charge on any atom is -0.494 e. The van der Waals surface area contributed by atoms with Crippen LogP contribution >= 0.6 is 18.7 Å². The monoisotopic (exact) mass is 540 g/mol. The number of nitrogens with zero attached hydrogens (tertiary/aromatic N) is 4. The van der Waals surface area contributed by atoms with Crippen LogP contribution in [0.15, 0.2) is 48.7 Å². The van der Waals surface area contributed by atoms with E-state index in [-0.39, 0.29) is 0 Å². The highest BCUT2D eigenvalue weighted by atomic mass is 35.5. The predicted molar refractivity (Wildman–Crippen MR) is 154 cm³/mol. The summed E-state index contributed by atoms with van der Waals surface area (Å²) < 4.78 is 18.5. The Morgan fingerprint density at radius 1 is 1.03 bits per heavy atom. The number of anilines is 5. The molecule has 8 nitrogen and oxygen atoms in total. The van der Waals surface area contributed by atoms with Gasteiger partial charge >= 0.3 is 0 Å². The number of nitrogens with one attached hydrogen (secondary N) is 2. The van der Waals surface area contributed by atoms with E-state index in [1.165, 1.54) is 25.8 Å². The van der Waals surface area contributed by atoms with Crippen LogP contribution in [0.1, 0.15) is 19.3 Å². The summed E-state index contributed by atoms with van der Waals surface area (Å²) in [6.07, 6.45) is 5.23. The Morgan fingerprint density at radius 3 is 2.41 bits per heavy atom. The maximum Gasteiger partial charge on any atom is 0.229 e. The molecular formula is C27H34ClN6O2P. The van der Waals surface area contributed by atoms with E-state index in [4.69, 9.17) is 16.3 Å². The second kappa shape index (κ2) is 10.2. The quantitative estimate of drug-likeness (QED) is 0.378. The van der Waals surface area contributed by atoms with Gasteiger partial charge in [0.15, 0.2) is 5.82 Å². The minimum absolute atomic E-state index is 0.365. The van der Waals surface area contributed by atoms with Gasteiger partial charge in [-0.05, 0) is 63.9 Å². The van der Waals surface area contributed by atoms with Crippen LogP contribution < -0.4 is 25.6 Å². The van der Waals surface area contributed by atoms with Crippen molar-refractivity contribution in [3.63, 3.8) is 0 Å². The Hall–Kier alpha value is -2.80. The van der Waals surface area contributed by atoms with Crippen LogP contribution in [0.3, 0.4) is 0 Å². The van der Waals surface area contributed by atoms with Gasteiger partial charge < -0.3 is 29.7 Å². The smallest absolute Gasteiger partial charge is 0.229 e. The molecule has 1 spiro atoms. The maximum atomic E-state index is 12.8. The first-order chi connectivity index (χ1) is 17.7. The lowest BCUT2D eigenvalue weighted by molar-refractivity contribution is -0.00915.